The Balaban J connectivity index is 2.27. The van der Waals surface area contributed by atoms with Gasteiger partial charge >= 0.3 is 0 Å². The van der Waals surface area contributed by atoms with E-state index >= 15 is 0 Å². The van der Waals surface area contributed by atoms with Gasteiger partial charge in [-0.2, -0.15) is 4.98 Å². The summed E-state index contributed by atoms with van der Waals surface area (Å²) in [5.74, 6) is 1.32. The fraction of sp³-hybridized carbons (Fsp3) is 0.375. The van der Waals surface area contributed by atoms with Crippen molar-refractivity contribution >= 4 is 11.5 Å². The molecule has 1 heterocycles. The van der Waals surface area contributed by atoms with Crippen molar-refractivity contribution in [2.75, 3.05) is 17.7 Å². The highest BCUT2D eigenvalue weighted by Crippen LogP contribution is 2.28. The molecule has 2 aromatic rings. The average Bonchev–Trinajstić information content (AvgIpc) is 2.49. The zero-order valence-electron chi connectivity index (χ0n) is 13.1. The van der Waals surface area contributed by atoms with Gasteiger partial charge in [-0.1, -0.05) is 32.0 Å². The minimum Gasteiger partial charge on any atom is -0.476 e. The second-order valence-corrected chi connectivity index (χ2v) is 5.18. The van der Waals surface area contributed by atoms with E-state index in [0.717, 1.165) is 0 Å². The molecule has 5 nitrogen and oxygen atoms in total. The number of hydrogen-bond acceptors (Lipinski definition) is 5. The lowest BCUT2D eigenvalue weighted by Crippen LogP contribution is -2.12. The maximum atomic E-state index is 13.7. The molecule has 0 saturated heterocycles. The number of ether oxygens (including phenoxy) is 1. The van der Waals surface area contributed by atoms with Crippen LogP contribution in [0.1, 0.15) is 38.1 Å². The highest BCUT2D eigenvalue weighted by atomic mass is 19.1. The number of nitrogen functional groups attached to an aromatic ring is 1. The maximum absolute atomic E-state index is 13.7. The van der Waals surface area contributed by atoms with Gasteiger partial charge in [-0.15, -0.1) is 0 Å². The van der Waals surface area contributed by atoms with Gasteiger partial charge in [0.15, 0.2) is 5.82 Å². The maximum Gasteiger partial charge on any atom is 0.242 e. The largest absolute Gasteiger partial charge is 0.476 e. The van der Waals surface area contributed by atoms with E-state index in [1.54, 1.807) is 18.2 Å². The fourth-order valence-corrected chi connectivity index (χ4v) is 1.93. The molecule has 0 aliphatic carbocycles. The molecule has 1 aromatic heterocycles. The van der Waals surface area contributed by atoms with Crippen molar-refractivity contribution in [3.05, 3.63) is 41.5 Å². The molecule has 1 aromatic carbocycles. The molecule has 2 rings (SSSR count). The highest BCUT2D eigenvalue weighted by Gasteiger charge is 2.15. The molecule has 0 spiro atoms. The number of anilines is 2. The number of rotatable bonds is 6. The Kier molecular flexibility index (Phi) is 5.14. The topological polar surface area (TPSA) is 73.1 Å². The van der Waals surface area contributed by atoms with Gasteiger partial charge in [-0.3, -0.25) is 0 Å². The van der Waals surface area contributed by atoms with Crippen molar-refractivity contribution in [1.29, 1.82) is 0 Å². The van der Waals surface area contributed by atoms with Crippen LogP contribution in [-0.4, -0.2) is 16.6 Å². The van der Waals surface area contributed by atoms with Gasteiger partial charge in [-0.25, -0.2) is 9.37 Å². The van der Waals surface area contributed by atoms with E-state index in [1.165, 1.54) is 6.07 Å². The third kappa shape index (κ3) is 3.63. The third-order valence-corrected chi connectivity index (χ3v) is 3.13. The second kappa shape index (κ2) is 7.06. The molecule has 0 saturated carbocycles. The van der Waals surface area contributed by atoms with Crippen molar-refractivity contribution in [2.45, 2.75) is 33.2 Å². The minimum atomic E-state index is -0.267. The Labute approximate surface area is 129 Å². The van der Waals surface area contributed by atoms with Crippen molar-refractivity contribution < 1.29 is 9.13 Å². The van der Waals surface area contributed by atoms with Gasteiger partial charge < -0.3 is 15.8 Å². The van der Waals surface area contributed by atoms with Crippen LogP contribution in [0.4, 0.5) is 15.9 Å². The van der Waals surface area contributed by atoms with E-state index < -0.39 is 0 Å². The first kappa shape index (κ1) is 16.0. The monoisotopic (exact) mass is 304 g/mol. The van der Waals surface area contributed by atoms with Gasteiger partial charge in [0.2, 0.25) is 5.88 Å². The quantitative estimate of drug-likeness (QED) is 0.856. The van der Waals surface area contributed by atoms with Crippen molar-refractivity contribution in [3.8, 4) is 5.88 Å². The summed E-state index contributed by atoms with van der Waals surface area (Å²) in [5, 5.41) is 3.07. The number of benzene rings is 1. The predicted octanol–water partition coefficient (Wildman–Crippen LogP) is 3.33. The Morgan fingerprint density at radius 3 is 2.64 bits per heavy atom. The molecule has 0 unspecified atom stereocenters. The van der Waals surface area contributed by atoms with Crippen LogP contribution in [0.2, 0.25) is 0 Å². The summed E-state index contributed by atoms with van der Waals surface area (Å²) in [7, 11) is 0. The molecule has 0 aliphatic rings. The molecule has 0 aliphatic heterocycles. The highest BCUT2D eigenvalue weighted by molar-refractivity contribution is 5.67. The van der Waals surface area contributed by atoms with E-state index in [-0.39, 0.29) is 18.3 Å². The molecule has 3 N–H and O–H groups in total. The standard InChI is InChI=1S/C16H21FN4O/c1-4-22-16-13(18)15(20-14(21-16)10(2)3)19-9-11-7-5-6-8-12(11)17/h5-8,10H,4,9,18H2,1-3H3,(H,19,20,21). The van der Waals surface area contributed by atoms with Gasteiger partial charge in [0, 0.05) is 18.0 Å². The Morgan fingerprint density at radius 1 is 1.27 bits per heavy atom. The van der Waals surface area contributed by atoms with Crippen LogP contribution in [0.5, 0.6) is 5.88 Å². The number of nitrogens with one attached hydrogen (secondary N) is 1. The summed E-state index contributed by atoms with van der Waals surface area (Å²) in [4.78, 5) is 8.73. The first-order valence-corrected chi connectivity index (χ1v) is 7.30. The van der Waals surface area contributed by atoms with Gasteiger partial charge in [0.05, 0.1) is 6.61 Å². The molecule has 0 amide bonds. The average molecular weight is 304 g/mol. The van der Waals surface area contributed by atoms with Gasteiger partial charge in [0.25, 0.3) is 0 Å². The SMILES string of the molecule is CCOc1nc(C(C)C)nc(NCc2ccccc2F)c1N. The van der Waals surface area contributed by atoms with E-state index in [2.05, 4.69) is 15.3 Å². The molecule has 6 heteroatoms. The molecule has 0 fully saturated rings. The Bertz CT molecular complexity index is 646. The zero-order valence-corrected chi connectivity index (χ0v) is 13.1. The van der Waals surface area contributed by atoms with Crippen LogP contribution in [0.25, 0.3) is 0 Å². The first-order chi connectivity index (χ1) is 10.5. The van der Waals surface area contributed by atoms with E-state index in [4.69, 9.17) is 10.5 Å². The van der Waals surface area contributed by atoms with Crippen LogP contribution in [0.15, 0.2) is 24.3 Å². The molecule has 0 atom stereocenters. The fourth-order valence-electron chi connectivity index (χ4n) is 1.93. The van der Waals surface area contributed by atoms with Crippen molar-refractivity contribution in [1.82, 2.24) is 9.97 Å². The lowest BCUT2D eigenvalue weighted by atomic mass is 10.2. The summed E-state index contributed by atoms with van der Waals surface area (Å²) in [6.07, 6.45) is 0. The molecule has 0 radical (unpaired) electrons. The Morgan fingerprint density at radius 2 is 2.00 bits per heavy atom. The van der Waals surface area contributed by atoms with Crippen LogP contribution >= 0.6 is 0 Å². The molecule has 22 heavy (non-hydrogen) atoms. The van der Waals surface area contributed by atoms with Gasteiger partial charge in [-0.05, 0) is 13.0 Å². The summed E-state index contributed by atoms with van der Waals surface area (Å²) < 4.78 is 19.1. The molecule has 118 valence electrons. The van der Waals surface area contributed by atoms with Gasteiger partial charge in [0.1, 0.15) is 17.3 Å². The first-order valence-electron chi connectivity index (χ1n) is 7.30. The van der Waals surface area contributed by atoms with Crippen LogP contribution < -0.4 is 15.8 Å². The summed E-state index contributed by atoms with van der Waals surface area (Å²) >= 11 is 0. The Hall–Kier alpha value is -2.37. The van der Waals surface area contributed by atoms with Crippen LogP contribution in [0.3, 0.4) is 0 Å². The lowest BCUT2D eigenvalue weighted by molar-refractivity contribution is 0.326. The number of halogens is 1. The van der Waals surface area contributed by atoms with E-state index in [9.17, 15) is 4.39 Å². The molecular weight excluding hydrogens is 283 g/mol. The molecule has 0 bridgehead atoms. The second-order valence-electron chi connectivity index (χ2n) is 5.18. The van der Waals surface area contributed by atoms with Crippen molar-refractivity contribution in [2.24, 2.45) is 0 Å². The lowest BCUT2D eigenvalue weighted by Gasteiger charge is -2.15. The number of nitrogens with two attached hydrogens (primary N) is 1. The zero-order chi connectivity index (χ0) is 16.1. The van der Waals surface area contributed by atoms with Crippen LogP contribution in [-0.2, 0) is 6.54 Å². The molecular formula is C16H21FN4O. The number of hydrogen-bond donors (Lipinski definition) is 2. The summed E-state index contributed by atoms with van der Waals surface area (Å²) in [5.41, 5.74) is 6.92. The third-order valence-electron chi connectivity index (χ3n) is 3.13. The minimum absolute atomic E-state index is 0.133. The van der Waals surface area contributed by atoms with E-state index in [1.807, 2.05) is 20.8 Å². The van der Waals surface area contributed by atoms with Crippen LogP contribution in [0, 0.1) is 5.82 Å². The summed E-state index contributed by atoms with van der Waals surface area (Å²) in [6, 6.07) is 6.58. The smallest absolute Gasteiger partial charge is 0.242 e. The number of nitrogens with zero attached hydrogens (tertiary/aromatic N) is 2. The number of aromatic nitrogens is 2. The van der Waals surface area contributed by atoms with Crippen molar-refractivity contribution in [3.63, 3.8) is 0 Å². The van der Waals surface area contributed by atoms with E-state index in [0.29, 0.717) is 35.4 Å². The summed E-state index contributed by atoms with van der Waals surface area (Å²) in [6.45, 7) is 6.59. The predicted molar refractivity (Wildman–Crippen MR) is 85.4 cm³/mol. The normalized spacial score (nSPS) is 10.8.